The van der Waals surface area contributed by atoms with Gasteiger partial charge in [-0.25, -0.2) is 4.85 Å². The standard InChI is InChI=1S/C20H17NO2/c1-21-16-4-2-3-14(11-16)15-5-6-18-17(12-15)19(22)13-20(18)7-9-23-10-8-20/h2-6,11-12H,7-10,13H2. The van der Waals surface area contributed by atoms with Gasteiger partial charge < -0.3 is 4.74 Å². The summed E-state index contributed by atoms with van der Waals surface area (Å²) >= 11 is 0. The minimum atomic E-state index is -0.0123. The van der Waals surface area contributed by atoms with Crippen molar-refractivity contribution in [3.8, 4) is 11.1 Å². The Balaban J connectivity index is 1.78. The second-order valence-corrected chi connectivity index (χ2v) is 6.42. The van der Waals surface area contributed by atoms with Crippen LogP contribution >= 0.6 is 0 Å². The van der Waals surface area contributed by atoms with Crippen molar-refractivity contribution in [2.75, 3.05) is 13.2 Å². The maximum atomic E-state index is 12.6. The second-order valence-electron chi connectivity index (χ2n) is 6.42. The first-order valence-electron chi connectivity index (χ1n) is 7.95. The normalized spacial score (nSPS) is 18.7. The van der Waals surface area contributed by atoms with E-state index in [-0.39, 0.29) is 11.2 Å². The summed E-state index contributed by atoms with van der Waals surface area (Å²) in [6, 6.07) is 13.7. The third-order valence-corrected chi connectivity index (χ3v) is 5.15. The second kappa shape index (κ2) is 5.33. The molecule has 1 spiro atoms. The minimum Gasteiger partial charge on any atom is -0.381 e. The Bertz CT molecular complexity index is 826. The first-order valence-corrected chi connectivity index (χ1v) is 7.95. The fourth-order valence-electron chi connectivity index (χ4n) is 3.88. The van der Waals surface area contributed by atoms with E-state index in [1.54, 1.807) is 6.07 Å². The average Bonchev–Trinajstić information content (AvgIpc) is 2.87. The molecule has 23 heavy (non-hydrogen) atoms. The molecule has 1 aliphatic carbocycles. The maximum Gasteiger partial charge on any atom is 0.187 e. The predicted octanol–water partition coefficient (Wildman–Crippen LogP) is 4.54. The van der Waals surface area contributed by atoms with E-state index in [2.05, 4.69) is 17.0 Å². The Labute approximate surface area is 135 Å². The Hall–Kier alpha value is -2.44. The number of rotatable bonds is 1. The molecule has 3 heteroatoms. The van der Waals surface area contributed by atoms with E-state index in [4.69, 9.17) is 11.3 Å². The van der Waals surface area contributed by atoms with Crippen LogP contribution in [0.1, 0.15) is 35.2 Å². The van der Waals surface area contributed by atoms with Gasteiger partial charge in [-0.2, -0.15) is 0 Å². The molecule has 2 aromatic carbocycles. The van der Waals surface area contributed by atoms with E-state index in [0.29, 0.717) is 12.1 Å². The Morgan fingerprint density at radius 3 is 2.61 bits per heavy atom. The van der Waals surface area contributed by atoms with Gasteiger partial charge >= 0.3 is 0 Å². The number of Topliss-reactive ketones (excluding diaryl/α,β-unsaturated/α-hetero) is 1. The van der Waals surface area contributed by atoms with Crippen LogP contribution in [-0.2, 0) is 10.2 Å². The number of benzene rings is 2. The maximum absolute atomic E-state index is 12.6. The van der Waals surface area contributed by atoms with Gasteiger partial charge in [-0.1, -0.05) is 30.3 Å². The fourth-order valence-corrected chi connectivity index (χ4v) is 3.88. The van der Waals surface area contributed by atoms with Gasteiger partial charge in [0.25, 0.3) is 0 Å². The molecule has 0 bridgehead atoms. The highest BCUT2D eigenvalue weighted by molar-refractivity contribution is 6.03. The highest BCUT2D eigenvalue weighted by Crippen LogP contribution is 2.46. The minimum absolute atomic E-state index is 0.0123. The van der Waals surface area contributed by atoms with Crippen molar-refractivity contribution in [1.29, 1.82) is 0 Å². The van der Waals surface area contributed by atoms with E-state index < -0.39 is 0 Å². The van der Waals surface area contributed by atoms with Crippen LogP contribution in [0.2, 0.25) is 0 Å². The number of fused-ring (bicyclic) bond motifs is 2. The molecule has 0 aromatic heterocycles. The molecular formula is C20H17NO2. The van der Waals surface area contributed by atoms with Gasteiger partial charge in [0.05, 0.1) is 6.57 Å². The summed E-state index contributed by atoms with van der Waals surface area (Å²) < 4.78 is 5.49. The van der Waals surface area contributed by atoms with Crippen LogP contribution in [0.25, 0.3) is 16.0 Å². The zero-order valence-electron chi connectivity index (χ0n) is 12.8. The molecule has 4 rings (SSSR count). The molecule has 2 aliphatic rings. The summed E-state index contributed by atoms with van der Waals surface area (Å²) in [6.45, 7) is 8.62. The first kappa shape index (κ1) is 14.2. The molecule has 3 nitrogen and oxygen atoms in total. The Morgan fingerprint density at radius 2 is 1.83 bits per heavy atom. The summed E-state index contributed by atoms with van der Waals surface area (Å²) in [4.78, 5) is 16.0. The van der Waals surface area contributed by atoms with Gasteiger partial charge in [0, 0.05) is 30.6 Å². The summed E-state index contributed by atoms with van der Waals surface area (Å²) in [6.07, 6.45) is 2.47. The predicted molar refractivity (Wildman–Crippen MR) is 88.8 cm³/mol. The van der Waals surface area contributed by atoms with Crippen LogP contribution in [0.15, 0.2) is 42.5 Å². The van der Waals surface area contributed by atoms with Gasteiger partial charge in [0.2, 0.25) is 0 Å². The van der Waals surface area contributed by atoms with Gasteiger partial charge in [-0.3, -0.25) is 4.79 Å². The zero-order valence-corrected chi connectivity index (χ0v) is 12.8. The van der Waals surface area contributed by atoms with Crippen molar-refractivity contribution < 1.29 is 9.53 Å². The molecule has 0 radical (unpaired) electrons. The van der Waals surface area contributed by atoms with E-state index in [9.17, 15) is 4.79 Å². The van der Waals surface area contributed by atoms with Crippen molar-refractivity contribution in [1.82, 2.24) is 0 Å². The molecule has 2 aromatic rings. The molecule has 0 unspecified atom stereocenters. The monoisotopic (exact) mass is 303 g/mol. The molecule has 1 heterocycles. The number of nitrogens with zero attached hydrogens (tertiary/aromatic N) is 1. The van der Waals surface area contributed by atoms with Crippen LogP contribution in [0, 0.1) is 6.57 Å². The van der Waals surface area contributed by atoms with Crippen LogP contribution in [-0.4, -0.2) is 19.0 Å². The van der Waals surface area contributed by atoms with Crippen molar-refractivity contribution in [2.24, 2.45) is 0 Å². The molecule has 1 aliphatic heterocycles. The van der Waals surface area contributed by atoms with Gasteiger partial charge in [-0.05, 0) is 41.7 Å². The average molecular weight is 303 g/mol. The third-order valence-electron chi connectivity index (χ3n) is 5.15. The zero-order chi connectivity index (χ0) is 15.9. The fraction of sp³-hybridized carbons (Fsp3) is 0.300. The first-order chi connectivity index (χ1) is 11.2. The number of carbonyl (C=O) groups is 1. The van der Waals surface area contributed by atoms with E-state index in [1.807, 2.05) is 24.3 Å². The van der Waals surface area contributed by atoms with E-state index >= 15 is 0 Å². The van der Waals surface area contributed by atoms with Gasteiger partial charge in [0.1, 0.15) is 0 Å². The Morgan fingerprint density at radius 1 is 1.04 bits per heavy atom. The topological polar surface area (TPSA) is 30.7 Å². The third kappa shape index (κ3) is 2.27. The van der Waals surface area contributed by atoms with Gasteiger partial charge in [-0.15, -0.1) is 0 Å². The number of hydrogen-bond donors (Lipinski definition) is 0. The molecule has 0 saturated carbocycles. The highest BCUT2D eigenvalue weighted by Gasteiger charge is 2.44. The Kier molecular flexibility index (Phi) is 3.28. The lowest BCUT2D eigenvalue weighted by Gasteiger charge is -2.33. The molecule has 0 amide bonds. The van der Waals surface area contributed by atoms with Crippen molar-refractivity contribution in [3.63, 3.8) is 0 Å². The highest BCUT2D eigenvalue weighted by atomic mass is 16.5. The van der Waals surface area contributed by atoms with E-state index in [0.717, 1.165) is 42.7 Å². The van der Waals surface area contributed by atoms with Crippen LogP contribution < -0.4 is 0 Å². The molecule has 1 saturated heterocycles. The van der Waals surface area contributed by atoms with Gasteiger partial charge in [0.15, 0.2) is 11.5 Å². The van der Waals surface area contributed by atoms with Crippen LogP contribution in [0.5, 0.6) is 0 Å². The lowest BCUT2D eigenvalue weighted by Crippen LogP contribution is -2.31. The molecule has 0 atom stereocenters. The number of hydrogen-bond acceptors (Lipinski definition) is 2. The number of carbonyl (C=O) groups excluding carboxylic acids is 1. The SMILES string of the molecule is [C-]#[N+]c1cccc(-c2ccc3c(c2)C(=O)CC32CCOCC2)c1. The largest absolute Gasteiger partial charge is 0.381 e. The molecular weight excluding hydrogens is 286 g/mol. The van der Waals surface area contributed by atoms with Crippen LogP contribution in [0.4, 0.5) is 5.69 Å². The molecule has 1 fully saturated rings. The smallest absolute Gasteiger partial charge is 0.187 e. The van der Waals surface area contributed by atoms with Crippen molar-refractivity contribution in [2.45, 2.75) is 24.7 Å². The lowest BCUT2D eigenvalue weighted by molar-refractivity contribution is 0.0491. The summed E-state index contributed by atoms with van der Waals surface area (Å²) in [5.41, 5.74) is 4.65. The van der Waals surface area contributed by atoms with Crippen molar-refractivity contribution in [3.05, 3.63) is 65.0 Å². The molecule has 114 valence electrons. The van der Waals surface area contributed by atoms with E-state index in [1.165, 1.54) is 5.56 Å². The van der Waals surface area contributed by atoms with Crippen molar-refractivity contribution >= 4 is 11.5 Å². The van der Waals surface area contributed by atoms with Crippen LogP contribution in [0.3, 0.4) is 0 Å². The molecule has 0 N–H and O–H groups in total. The summed E-state index contributed by atoms with van der Waals surface area (Å²) in [5.74, 6) is 0.241. The number of ketones is 1. The number of ether oxygens (including phenoxy) is 1. The lowest BCUT2D eigenvalue weighted by atomic mass is 9.75. The quantitative estimate of drug-likeness (QED) is 0.724. The summed E-state index contributed by atoms with van der Waals surface area (Å²) in [7, 11) is 0. The summed E-state index contributed by atoms with van der Waals surface area (Å²) in [5, 5.41) is 0.